The number of Topliss-reactive ketones (excluding diaryl/α,β-unsaturated/α-hetero) is 1. The summed E-state index contributed by atoms with van der Waals surface area (Å²) in [5, 5.41) is 25.8. The highest BCUT2D eigenvalue weighted by Gasteiger charge is 2.57. The van der Waals surface area contributed by atoms with Crippen LogP contribution >= 0.6 is 0 Å². The summed E-state index contributed by atoms with van der Waals surface area (Å²) >= 11 is 0. The van der Waals surface area contributed by atoms with Crippen LogP contribution in [0.5, 0.6) is 0 Å². The number of methoxy groups -OCH3 is 2. The van der Waals surface area contributed by atoms with Crippen LogP contribution in [0.1, 0.15) is 85.5 Å². The highest BCUT2D eigenvalue weighted by Crippen LogP contribution is 2.44. The van der Waals surface area contributed by atoms with Gasteiger partial charge in [0.2, 0.25) is 11.7 Å². The number of carboxylic acid groups (broad SMARTS) is 1. The van der Waals surface area contributed by atoms with Crippen molar-refractivity contribution in [3.8, 4) is 0 Å². The topological polar surface area (TPSA) is 253 Å². The lowest BCUT2D eigenvalue weighted by Crippen LogP contribution is -2.69. The SMILES string of the molecule is C=C1C[C@](OC)([C@H](O)C(=O)NC2OCOC3C2O[C@H](CC(=O)CCCCC/C=C/C=C/C(=O)N[C@@H](CCCN=C(N)N)C(=O)O)C(C)(C)[C@@H]3OC)O[C@H](C)[C@@H]1C. The molecule has 3 unspecified atom stereocenters. The van der Waals surface area contributed by atoms with Crippen LogP contribution in [0.15, 0.2) is 41.4 Å². The molecule has 3 aliphatic heterocycles. The van der Waals surface area contributed by atoms with Gasteiger partial charge in [0.05, 0.1) is 18.3 Å². The lowest BCUT2D eigenvalue weighted by Gasteiger charge is -2.54. The molecule has 0 radical (unpaired) electrons. The molecule has 8 N–H and O–H groups in total. The first-order valence-corrected chi connectivity index (χ1v) is 19.2. The molecule has 0 aliphatic carbocycles. The van der Waals surface area contributed by atoms with Gasteiger partial charge in [0, 0.05) is 57.4 Å². The number of unbranched alkanes of at least 4 members (excludes halogenated alkanes) is 3. The van der Waals surface area contributed by atoms with Gasteiger partial charge in [-0.25, -0.2) is 4.79 Å². The van der Waals surface area contributed by atoms with Crippen LogP contribution in [-0.4, -0.2) is 122 Å². The molecule has 3 heterocycles. The summed E-state index contributed by atoms with van der Waals surface area (Å²) in [7, 11) is 2.94. The van der Waals surface area contributed by atoms with Gasteiger partial charge in [0.1, 0.15) is 30.8 Å². The minimum atomic E-state index is -1.71. The molecule has 3 fully saturated rings. The number of nitrogens with zero attached hydrogens (tertiary/aromatic N) is 1. The van der Waals surface area contributed by atoms with Crippen LogP contribution in [0.4, 0.5) is 0 Å². The summed E-state index contributed by atoms with van der Waals surface area (Å²) in [5.41, 5.74) is 10.7. The number of ether oxygens (including phenoxy) is 6. The Morgan fingerprint density at radius 2 is 1.80 bits per heavy atom. The number of aliphatic imine (C=N–C) groups is 1. The average molecular weight is 794 g/mol. The molecule has 17 nitrogen and oxygen atoms in total. The minimum Gasteiger partial charge on any atom is -0.480 e. The lowest BCUT2D eigenvalue weighted by atomic mass is 9.72. The van der Waals surface area contributed by atoms with E-state index in [4.69, 9.17) is 39.9 Å². The van der Waals surface area contributed by atoms with Gasteiger partial charge < -0.3 is 60.7 Å². The lowest BCUT2D eigenvalue weighted by molar-refractivity contribution is -0.330. The van der Waals surface area contributed by atoms with E-state index in [0.29, 0.717) is 19.3 Å². The number of guanidine groups is 1. The zero-order valence-corrected chi connectivity index (χ0v) is 33.6. The zero-order valence-electron chi connectivity index (χ0n) is 33.6. The highest BCUT2D eigenvalue weighted by molar-refractivity contribution is 5.91. The molecular formula is C39H63N5O12. The number of amides is 2. The third-order valence-electron chi connectivity index (χ3n) is 10.9. The van der Waals surface area contributed by atoms with Crippen molar-refractivity contribution in [3.05, 3.63) is 36.5 Å². The third-order valence-corrected chi connectivity index (χ3v) is 10.9. The number of carbonyl (C=O) groups excluding carboxylic acids is 3. The van der Waals surface area contributed by atoms with E-state index in [1.807, 2.05) is 33.8 Å². The van der Waals surface area contributed by atoms with E-state index in [2.05, 4.69) is 22.2 Å². The summed E-state index contributed by atoms with van der Waals surface area (Å²) < 4.78 is 35.8. The van der Waals surface area contributed by atoms with Crippen molar-refractivity contribution in [3.63, 3.8) is 0 Å². The van der Waals surface area contributed by atoms with E-state index in [9.17, 15) is 29.4 Å². The number of hydrogen-bond acceptors (Lipinski definition) is 12. The van der Waals surface area contributed by atoms with Crippen molar-refractivity contribution in [2.45, 2.75) is 140 Å². The number of aliphatic hydroxyl groups excluding tert-OH is 1. The average Bonchev–Trinajstić information content (AvgIpc) is 3.14. The smallest absolute Gasteiger partial charge is 0.326 e. The van der Waals surface area contributed by atoms with Gasteiger partial charge in [0.25, 0.3) is 5.91 Å². The monoisotopic (exact) mass is 793 g/mol. The van der Waals surface area contributed by atoms with Gasteiger partial charge in [-0.15, -0.1) is 0 Å². The number of fused-ring (bicyclic) bond motifs is 1. The maximum atomic E-state index is 13.5. The van der Waals surface area contributed by atoms with E-state index < -0.39 is 71.8 Å². The van der Waals surface area contributed by atoms with Gasteiger partial charge in [0.15, 0.2) is 18.3 Å². The van der Waals surface area contributed by atoms with Crippen LogP contribution in [-0.2, 0) is 47.6 Å². The van der Waals surface area contributed by atoms with Gasteiger partial charge in [-0.05, 0) is 39.0 Å². The van der Waals surface area contributed by atoms with Crippen molar-refractivity contribution in [2.75, 3.05) is 27.6 Å². The van der Waals surface area contributed by atoms with Crippen LogP contribution in [0.3, 0.4) is 0 Å². The maximum absolute atomic E-state index is 13.5. The summed E-state index contributed by atoms with van der Waals surface area (Å²) in [6.07, 6.45) is 4.97. The Bertz CT molecular complexity index is 1450. The van der Waals surface area contributed by atoms with Gasteiger partial charge >= 0.3 is 5.97 Å². The fourth-order valence-corrected chi connectivity index (χ4v) is 7.25. The van der Waals surface area contributed by atoms with Crippen molar-refractivity contribution >= 4 is 29.5 Å². The molecule has 0 aromatic carbocycles. The number of aliphatic hydroxyl groups is 1. The Balaban J connectivity index is 1.48. The van der Waals surface area contributed by atoms with E-state index in [0.717, 1.165) is 24.8 Å². The Kier molecular flexibility index (Phi) is 18.1. The Morgan fingerprint density at radius 3 is 2.45 bits per heavy atom. The molecule has 2 amide bonds. The second-order valence-electron chi connectivity index (χ2n) is 15.3. The van der Waals surface area contributed by atoms with Crippen molar-refractivity contribution < 1.29 is 57.8 Å². The van der Waals surface area contributed by atoms with Crippen molar-refractivity contribution in [1.29, 1.82) is 0 Å². The second kappa shape index (κ2) is 21.7. The fraction of sp³-hybridized carbons (Fsp3) is 0.718. The number of nitrogens with one attached hydrogen (secondary N) is 2. The first kappa shape index (κ1) is 46.7. The largest absolute Gasteiger partial charge is 0.480 e. The number of nitrogens with two attached hydrogens (primary N) is 2. The number of hydrogen-bond donors (Lipinski definition) is 6. The number of carbonyl (C=O) groups is 4. The molecule has 0 bridgehead atoms. The molecular weight excluding hydrogens is 730 g/mol. The second-order valence-corrected chi connectivity index (χ2v) is 15.3. The Labute approximate surface area is 329 Å². The molecule has 3 saturated heterocycles. The number of aliphatic carboxylic acids is 1. The molecule has 17 heteroatoms. The van der Waals surface area contributed by atoms with Crippen LogP contribution < -0.4 is 22.1 Å². The molecule has 316 valence electrons. The molecule has 0 aromatic rings. The third kappa shape index (κ3) is 12.6. The summed E-state index contributed by atoms with van der Waals surface area (Å²) in [4.78, 5) is 54.1. The van der Waals surface area contributed by atoms with Gasteiger partial charge in [-0.2, -0.15) is 0 Å². The molecule has 0 spiro atoms. The molecule has 0 saturated carbocycles. The van der Waals surface area contributed by atoms with Crippen LogP contribution in [0.2, 0.25) is 0 Å². The Morgan fingerprint density at radius 1 is 1.07 bits per heavy atom. The predicted molar refractivity (Wildman–Crippen MR) is 206 cm³/mol. The van der Waals surface area contributed by atoms with Crippen LogP contribution in [0.25, 0.3) is 0 Å². The molecule has 56 heavy (non-hydrogen) atoms. The minimum absolute atomic E-state index is 0.0147. The molecule has 3 rings (SSSR count). The van der Waals surface area contributed by atoms with E-state index in [1.165, 1.54) is 13.2 Å². The van der Waals surface area contributed by atoms with E-state index >= 15 is 0 Å². The first-order valence-electron chi connectivity index (χ1n) is 19.2. The standard InChI is InChI=1S/C39H63N5O12/c1-23-21-39(52-7,56-25(3)24(23)2)32(47)34(48)44-35-31-30(53-22-54-35)33(51-6)38(4,5)28(55-31)20-26(45)16-13-11-9-8-10-12-14-18-29(46)43-27(36(49)50)17-15-19-42-37(40)41/h10,12,14,18,24-25,27-28,30-33,35,47H,1,8-9,11,13,15-17,19-22H2,2-7H3,(H,43,46)(H,44,48)(H,49,50)(H4,40,41,42)/b12-10+,18-14+/t24-,25-,27+,28-,30?,31?,32-,33-,35?,39-/m1/s1. The van der Waals surface area contributed by atoms with Crippen molar-refractivity contribution in [1.82, 2.24) is 10.6 Å². The summed E-state index contributed by atoms with van der Waals surface area (Å²) in [5.74, 6) is -4.12. The first-order chi connectivity index (χ1) is 26.5. The van der Waals surface area contributed by atoms with Crippen molar-refractivity contribution in [2.24, 2.45) is 27.8 Å². The Hall–Kier alpha value is -3.71. The molecule has 3 aliphatic rings. The quantitative estimate of drug-likeness (QED) is 0.0243. The van der Waals surface area contributed by atoms with Gasteiger partial charge in [-0.1, -0.05) is 57.6 Å². The van der Waals surface area contributed by atoms with Gasteiger partial charge in [-0.3, -0.25) is 19.4 Å². The molecule has 0 aromatic heterocycles. The van der Waals surface area contributed by atoms with E-state index in [-0.39, 0.29) is 56.4 Å². The highest BCUT2D eigenvalue weighted by atomic mass is 16.7. The number of rotatable bonds is 21. The normalized spacial score (nSPS) is 30.0. The van der Waals surface area contributed by atoms with Crippen LogP contribution in [0, 0.1) is 11.3 Å². The van der Waals surface area contributed by atoms with E-state index in [1.54, 1.807) is 19.3 Å². The molecule has 10 atom stereocenters. The number of carboxylic acids is 1. The number of allylic oxidation sites excluding steroid dienone is 3. The fourth-order valence-electron chi connectivity index (χ4n) is 7.25. The predicted octanol–water partition coefficient (Wildman–Crippen LogP) is 1.96. The summed E-state index contributed by atoms with van der Waals surface area (Å²) in [6, 6.07) is -1.05. The maximum Gasteiger partial charge on any atom is 0.326 e. The number of ketones is 1. The zero-order chi connectivity index (χ0) is 41.6. The summed E-state index contributed by atoms with van der Waals surface area (Å²) in [6.45, 7) is 11.9.